The molecule has 0 N–H and O–H groups in total. The predicted octanol–water partition coefficient (Wildman–Crippen LogP) is 1.04. The van der Waals surface area contributed by atoms with Crippen LogP contribution < -0.4 is 4.90 Å². The number of amides is 2. The van der Waals surface area contributed by atoms with E-state index in [0.29, 0.717) is 44.0 Å². The Morgan fingerprint density at radius 2 is 1.64 bits per heavy atom. The van der Waals surface area contributed by atoms with E-state index in [1.54, 1.807) is 21.9 Å². The average Bonchev–Trinajstić information content (AvgIpc) is 3.21. The Morgan fingerprint density at radius 3 is 2.21 bits per heavy atom. The minimum Gasteiger partial charge on any atom is -0.366 e. The highest BCUT2D eigenvalue weighted by atomic mass is 16.6. The molecule has 9 heteroatoms. The van der Waals surface area contributed by atoms with Crippen molar-refractivity contribution in [3.05, 3.63) is 33.9 Å². The molecular weight excluding hydrogens is 362 g/mol. The van der Waals surface area contributed by atoms with Gasteiger partial charge in [0.2, 0.25) is 5.91 Å². The Morgan fingerprint density at radius 1 is 1.04 bits per heavy atom. The number of benzene rings is 1. The van der Waals surface area contributed by atoms with E-state index in [-0.39, 0.29) is 17.5 Å². The molecule has 2 aliphatic heterocycles. The molecule has 0 aliphatic carbocycles. The van der Waals surface area contributed by atoms with Gasteiger partial charge in [-0.05, 0) is 39.1 Å². The SMILES string of the molecule is CN(C)CC(=O)N1CCN(C(=O)c2ccc(N3CCCC3)c([N+](=O)[O-])c2)CC1. The number of anilines is 1. The number of nitro benzene ring substituents is 1. The van der Waals surface area contributed by atoms with Crippen molar-refractivity contribution in [2.24, 2.45) is 0 Å². The summed E-state index contributed by atoms with van der Waals surface area (Å²) in [7, 11) is 3.69. The van der Waals surface area contributed by atoms with Crippen molar-refractivity contribution in [2.75, 3.05) is 64.8 Å². The summed E-state index contributed by atoms with van der Waals surface area (Å²) in [6, 6.07) is 4.75. The third-order valence-corrected chi connectivity index (χ3v) is 5.24. The van der Waals surface area contributed by atoms with Gasteiger partial charge >= 0.3 is 0 Å². The number of rotatable bonds is 5. The maximum absolute atomic E-state index is 12.8. The molecule has 2 aliphatic rings. The first-order chi connectivity index (χ1) is 13.4. The lowest BCUT2D eigenvalue weighted by atomic mass is 10.1. The molecule has 0 aromatic heterocycles. The molecule has 0 bridgehead atoms. The van der Waals surface area contributed by atoms with E-state index in [1.165, 1.54) is 6.07 Å². The topological polar surface area (TPSA) is 90.2 Å². The number of nitro groups is 1. The van der Waals surface area contributed by atoms with Crippen molar-refractivity contribution in [3.8, 4) is 0 Å². The van der Waals surface area contributed by atoms with Crippen LogP contribution in [0.3, 0.4) is 0 Å². The summed E-state index contributed by atoms with van der Waals surface area (Å²) in [5.41, 5.74) is 0.883. The molecule has 28 heavy (non-hydrogen) atoms. The highest BCUT2D eigenvalue weighted by molar-refractivity contribution is 5.96. The van der Waals surface area contributed by atoms with Crippen molar-refractivity contribution in [1.82, 2.24) is 14.7 Å². The molecule has 0 spiro atoms. The Balaban J connectivity index is 1.68. The van der Waals surface area contributed by atoms with Crippen LogP contribution in [0.2, 0.25) is 0 Å². The summed E-state index contributed by atoms with van der Waals surface area (Å²) >= 11 is 0. The highest BCUT2D eigenvalue weighted by Gasteiger charge is 2.28. The minimum absolute atomic E-state index is 0.0208. The van der Waals surface area contributed by atoms with E-state index in [2.05, 4.69) is 0 Å². The molecule has 152 valence electrons. The second-order valence-corrected chi connectivity index (χ2v) is 7.57. The van der Waals surface area contributed by atoms with Crippen LogP contribution in [0.1, 0.15) is 23.2 Å². The largest absolute Gasteiger partial charge is 0.366 e. The molecule has 0 radical (unpaired) electrons. The Labute approximate surface area is 164 Å². The number of nitrogens with zero attached hydrogens (tertiary/aromatic N) is 5. The van der Waals surface area contributed by atoms with Crippen LogP contribution in [0.15, 0.2) is 18.2 Å². The number of hydrogen-bond donors (Lipinski definition) is 0. The third kappa shape index (κ3) is 4.41. The molecule has 3 rings (SSSR count). The van der Waals surface area contributed by atoms with Gasteiger partial charge in [-0.1, -0.05) is 0 Å². The fraction of sp³-hybridized carbons (Fsp3) is 0.579. The summed E-state index contributed by atoms with van der Waals surface area (Å²) < 4.78 is 0. The number of carbonyl (C=O) groups excluding carboxylic acids is 2. The van der Waals surface area contributed by atoms with Gasteiger partial charge < -0.3 is 19.6 Å². The molecule has 2 fully saturated rings. The van der Waals surface area contributed by atoms with Gasteiger partial charge in [-0.2, -0.15) is 0 Å². The normalized spacial score (nSPS) is 17.3. The van der Waals surface area contributed by atoms with Crippen LogP contribution in [0, 0.1) is 10.1 Å². The smallest absolute Gasteiger partial charge is 0.293 e. The second-order valence-electron chi connectivity index (χ2n) is 7.57. The molecule has 0 unspecified atom stereocenters. The first-order valence-corrected chi connectivity index (χ1v) is 9.62. The first-order valence-electron chi connectivity index (χ1n) is 9.62. The van der Waals surface area contributed by atoms with E-state index in [1.807, 2.05) is 23.9 Å². The molecular formula is C19H27N5O4. The molecule has 2 amide bonds. The van der Waals surface area contributed by atoms with Gasteiger partial charge in [0.25, 0.3) is 11.6 Å². The molecule has 1 aromatic rings. The highest BCUT2D eigenvalue weighted by Crippen LogP contribution is 2.32. The van der Waals surface area contributed by atoms with E-state index < -0.39 is 4.92 Å². The fourth-order valence-electron chi connectivity index (χ4n) is 3.74. The molecule has 0 atom stereocenters. The minimum atomic E-state index is -0.414. The summed E-state index contributed by atoms with van der Waals surface area (Å²) in [6.45, 7) is 3.77. The van der Waals surface area contributed by atoms with E-state index in [9.17, 15) is 19.7 Å². The van der Waals surface area contributed by atoms with E-state index in [0.717, 1.165) is 25.9 Å². The van der Waals surface area contributed by atoms with Gasteiger partial charge in [0.05, 0.1) is 11.5 Å². The number of piperazine rings is 1. The lowest BCUT2D eigenvalue weighted by Gasteiger charge is -2.35. The van der Waals surface area contributed by atoms with Crippen LogP contribution in [-0.2, 0) is 4.79 Å². The zero-order valence-electron chi connectivity index (χ0n) is 16.5. The van der Waals surface area contributed by atoms with E-state index >= 15 is 0 Å². The lowest BCUT2D eigenvalue weighted by Crippen LogP contribution is -2.52. The standard InChI is InChI=1S/C19H27N5O4/c1-20(2)14-18(25)22-9-11-23(12-10-22)19(26)15-5-6-16(17(13-15)24(27)28)21-7-3-4-8-21/h5-6,13H,3-4,7-12,14H2,1-2H3. The quantitative estimate of drug-likeness (QED) is 0.552. The molecule has 9 nitrogen and oxygen atoms in total. The van der Waals surface area contributed by atoms with Crippen molar-refractivity contribution < 1.29 is 14.5 Å². The Bertz CT molecular complexity index is 753. The van der Waals surface area contributed by atoms with Crippen molar-refractivity contribution in [2.45, 2.75) is 12.8 Å². The zero-order chi connectivity index (χ0) is 20.3. The van der Waals surface area contributed by atoms with Crippen LogP contribution in [0.5, 0.6) is 0 Å². The van der Waals surface area contributed by atoms with Crippen molar-refractivity contribution in [3.63, 3.8) is 0 Å². The van der Waals surface area contributed by atoms with Crippen molar-refractivity contribution in [1.29, 1.82) is 0 Å². The van der Waals surface area contributed by atoms with Gasteiger partial charge in [-0.25, -0.2) is 0 Å². The van der Waals surface area contributed by atoms with Gasteiger partial charge in [0.15, 0.2) is 0 Å². The zero-order valence-corrected chi connectivity index (χ0v) is 16.5. The average molecular weight is 389 g/mol. The van der Waals surface area contributed by atoms with Gasteiger partial charge in [0.1, 0.15) is 5.69 Å². The summed E-state index contributed by atoms with van der Waals surface area (Å²) in [5, 5.41) is 11.5. The predicted molar refractivity (Wildman–Crippen MR) is 106 cm³/mol. The number of hydrogen-bond acceptors (Lipinski definition) is 6. The third-order valence-electron chi connectivity index (χ3n) is 5.24. The number of likely N-dealkylation sites (N-methyl/N-ethyl adjacent to an activating group) is 1. The fourth-order valence-corrected chi connectivity index (χ4v) is 3.74. The van der Waals surface area contributed by atoms with Gasteiger partial charge in [-0.3, -0.25) is 19.7 Å². The summed E-state index contributed by atoms with van der Waals surface area (Å²) in [4.78, 5) is 43.3. The lowest BCUT2D eigenvalue weighted by molar-refractivity contribution is -0.384. The van der Waals surface area contributed by atoms with Crippen LogP contribution >= 0.6 is 0 Å². The van der Waals surface area contributed by atoms with E-state index in [4.69, 9.17) is 0 Å². The molecule has 2 heterocycles. The molecule has 1 aromatic carbocycles. The van der Waals surface area contributed by atoms with Crippen LogP contribution in [0.25, 0.3) is 0 Å². The van der Waals surface area contributed by atoms with Crippen LogP contribution in [-0.4, -0.2) is 91.3 Å². The van der Waals surface area contributed by atoms with Gasteiger partial charge in [0, 0.05) is 50.9 Å². The Hall–Kier alpha value is -2.68. The molecule has 0 saturated carbocycles. The van der Waals surface area contributed by atoms with Crippen LogP contribution in [0.4, 0.5) is 11.4 Å². The summed E-state index contributed by atoms with van der Waals surface area (Å²) in [5.74, 6) is -0.182. The second kappa shape index (κ2) is 8.55. The van der Waals surface area contributed by atoms with Crippen molar-refractivity contribution >= 4 is 23.2 Å². The first kappa shape index (κ1) is 20.1. The maximum Gasteiger partial charge on any atom is 0.293 e. The maximum atomic E-state index is 12.8. The Kier molecular flexibility index (Phi) is 6.13. The monoisotopic (exact) mass is 389 g/mol. The summed E-state index contributed by atoms with van der Waals surface area (Å²) in [6.07, 6.45) is 2.04. The van der Waals surface area contributed by atoms with Gasteiger partial charge in [-0.15, -0.1) is 0 Å². The molecule has 2 saturated heterocycles. The number of carbonyl (C=O) groups is 2.